The molecule has 0 aliphatic carbocycles. The van der Waals surface area contributed by atoms with E-state index in [-0.39, 0.29) is 18.0 Å². The molecule has 4 aromatic rings. The minimum absolute atomic E-state index is 0.122. The zero-order valence-corrected chi connectivity index (χ0v) is 22.4. The van der Waals surface area contributed by atoms with E-state index in [0.717, 1.165) is 16.8 Å². The standard InChI is InChI=1S/C28H28BrFN6O2/c1-38-13-12-35-17-23(20-14-21(30)16-31-15-20)24(18-35)32-28(37)33-27-25(29)26(19-8-4-2-5-9-19)34-36(27)22-10-6-3-7-11-22/h2-11,14-16,23-24H,12-13,17-18H2,1H3,(H2,32,33,37). The first-order chi connectivity index (χ1) is 18.5. The van der Waals surface area contributed by atoms with E-state index in [1.807, 2.05) is 60.7 Å². The Balaban J connectivity index is 1.41. The van der Waals surface area contributed by atoms with Gasteiger partial charge in [-0.1, -0.05) is 48.5 Å². The normalized spacial score (nSPS) is 17.4. The van der Waals surface area contributed by atoms with E-state index in [0.29, 0.717) is 42.2 Å². The van der Waals surface area contributed by atoms with Crippen molar-refractivity contribution in [1.82, 2.24) is 25.0 Å². The third-order valence-corrected chi connectivity index (χ3v) is 7.34. The number of hydrogen-bond donors (Lipinski definition) is 2. The fourth-order valence-corrected chi connectivity index (χ4v) is 5.33. The van der Waals surface area contributed by atoms with Crippen molar-refractivity contribution < 1.29 is 13.9 Å². The third kappa shape index (κ3) is 5.77. The van der Waals surface area contributed by atoms with Gasteiger partial charge in [-0.25, -0.2) is 13.9 Å². The number of nitrogens with zero attached hydrogens (tertiary/aromatic N) is 4. The van der Waals surface area contributed by atoms with Crippen molar-refractivity contribution in [2.45, 2.75) is 12.0 Å². The van der Waals surface area contributed by atoms with Crippen molar-refractivity contribution in [1.29, 1.82) is 0 Å². The highest BCUT2D eigenvalue weighted by molar-refractivity contribution is 9.10. The lowest BCUT2D eigenvalue weighted by Gasteiger charge is -2.20. The second-order valence-electron chi connectivity index (χ2n) is 9.12. The molecule has 1 aliphatic heterocycles. The quantitative estimate of drug-likeness (QED) is 0.305. The number of para-hydroxylation sites is 1. The number of benzene rings is 2. The van der Waals surface area contributed by atoms with E-state index in [2.05, 4.69) is 36.4 Å². The number of ether oxygens (including phenoxy) is 1. The van der Waals surface area contributed by atoms with Gasteiger partial charge in [-0.15, -0.1) is 0 Å². The molecule has 196 valence electrons. The van der Waals surface area contributed by atoms with E-state index in [1.165, 1.54) is 12.3 Å². The van der Waals surface area contributed by atoms with Crippen molar-refractivity contribution in [3.63, 3.8) is 0 Å². The van der Waals surface area contributed by atoms with Crippen molar-refractivity contribution in [3.05, 3.63) is 95.0 Å². The first-order valence-electron chi connectivity index (χ1n) is 12.3. The number of aromatic nitrogens is 3. The van der Waals surface area contributed by atoms with Gasteiger partial charge in [-0.05, 0) is 39.7 Å². The molecule has 1 saturated heterocycles. The smallest absolute Gasteiger partial charge is 0.320 e. The minimum atomic E-state index is -0.398. The van der Waals surface area contributed by atoms with Crippen molar-refractivity contribution >= 4 is 27.8 Å². The number of rotatable bonds is 8. The summed E-state index contributed by atoms with van der Waals surface area (Å²) < 4.78 is 21.6. The maximum Gasteiger partial charge on any atom is 0.320 e. The number of pyridine rings is 1. The van der Waals surface area contributed by atoms with Gasteiger partial charge in [0.25, 0.3) is 0 Å². The number of likely N-dealkylation sites (tertiary alicyclic amines) is 1. The Morgan fingerprint density at radius 1 is 1.11 bits per heavy atom. The topological polar surface area (TPSA) is 84.3 Å². The van der Waals surface area contributed by atoms with Crippen LogP contribution in [-0.2, 0) is 4.74 Å². The van der Waals surface area contributed by atoms with Crippen LogP contribution < -0.4 is 10.6 Å². The summed E-state index contributed by atoms with van der Waals surface area (Å²) in [5.41, 5.74) is 3.18. The minimum Gasteiger partial charge on any atom is -0.383 e. The Labute approximate surface area is 229 Å². The van der Waals surface area contributed by atoms with Crippen LogP contribution in [-0.4, -0.2) is 65.1 Å². The molecule has 1 fully saturated rings. The number of nitrogens with one attached hydrogen (secondary N) is 2. The molecule has 1 aliphatic rings. The molecule has 2 atom stereocenters. The van der Waals surface area contributed by atoms with Crippen LogP contribution in [0, 0.1) is 5.82 Å². The summed E-state index contributed by atoms with van der Waals surface area (Å²) in [4.78, 5) is 19.6. The van der Waals surface area contributed by atoms with E-state index < -0.39 is 5.82 Å². The van der Waals surface area contributed by atoms with Gasteiger partial charge < -0.3 is 10.1 Å². The van der Waals surface area contributed by atoms with Crippen LogP contribution in [0.5, 0.6) is 0 Å². The van der Waals surface area contributed by atoms with E-state index in [1.54, 1.807) is 18.0 Å². The number of hydrogen-bond acceptors (Lipinski definition) is 5. The number of amides is 2. The van der Waals surface area contributed by atoms with Crippen molar-refractivity contribution in [3.8, 4) is 16.9 Å². The number of halogens is 2. The molecule has 0 saturated carbocycles. The second-order valence-corrected chi connectivity index (χ2v) is 9.92. The Kier molecular flexibility index (Phi) is 8.11. The van der Waals surface area contributed by atoms with Crippen molar-refractivity contribution in [2.24, 2.45) is 0 Å². The Morgan fingerprint density at radius 3 is 2.55 bits per heavy atom. The van der Waals surface area contributed by atoms with Gasteiger partial charge in [-0.3, -0.25) is 15.2 Å². The molecule has 38 heavy (non-hydrogen) atoms. The molecule has 2 N–H and O–H groups in total. The number of carbonyl (C=O) groups excluding carboxylic acids is 1. The fraction of sp³-hybridized carbons (Fsp3) is 0.250. The van der Waals surface area contributed by atoms with Gasteiger partial charge in [0.15, 0.2) is 5.82 Å². The molecule has 5 rings (SSSR count). The molecular weight excluding hydrogens is 551 g/mol. The predicted octanol–water partition coefficient (Wildman–Crippen LogP) is 5.07. The zero-order chi connectivity index (χ0) is 26.5. The molecule has 2 unspecified atom stereocenters. The average Bonchev–Trinajstić information content (AvgIpc) is 3.49. The summed E-state index contributed by atoms with van der Waals surface area (Å²) in [6.07, 6.45) is 2.84. The monoisotopic (exact) mass is 578 g/mol. The lowest BCUT2D eigenvalue weighted by Crippen LogP contribution is -2.42. The summed E-state index contributed by atoms with van der Waals surface area (Å²) in [7, 11) is 1.66. The van der Waals surface area contributed by atoms with Crippen LogP contribution in [0.4, 0.5) is 15.0 Å². The van der Waals surface area contributed by atoms with Crippen molar-refractivity contribution in [2.75, 3.05) is 38.7 Å². The molecule has 0 spiro atoms. The predicted molar refractivity (Wildman–Crippen MR) is 148 cm³/mol. The number of methoxy groups -OCH3 is 1. The third-order valence-electron chi connectivity index (χ3n) is 6.59. The first-order valence-corrected chi connectivity index (χ1v) is 13.1. The van der Waals surface area contributed by atoms with Crippen LogP contribution >= 0.6 is 15.9 Å². The molecule has 0 radical (unpaired) electrons. The van der Waals surface area contributed by atoms with Gasteiger partial charge in [0.05, 0.1) is 29.0 Å². The molecule has 2 amide bonds. The summed E-state index contributed by atoms with van der Waals surface area (Å²) in [6, 6.07) is 20.2. The van der Waals surface area contributed by atoms with Crippen LogP contribution in [0.25, 0.3) is 16.9 Å². The van der Waals surface area contributed by atoms with Gasteiger partial charge in [0, 0.05) is 44.4 Å². The molecule has 2 aromatic heterocycles. The van der Waals surface area contributed by atoms with E-state index >= 15 is 0 Å². The lowest BCUT2D eigenvalue weighted by molar-refractivity contribution is 0.159. The number of anilines is 1. The number of urea groups is 1. The van der Waals surface area contributed by atoms with Gasteiger partial charge in [0.2, 0.25) is 0 Å². The molecule has 10 heteroatoms. The van der Waals surface area contributed by atoms with Gasteiger partial charge in [0.1, 0.15) is 11.5 Å². The van der Waals surface area contributed by atoms with E-state index in [9.17, 15) is 9.18 Å². The van der Waals surface area contributed by atoms with Gasteiger partial charge >= 0.3 is 6.03 Å². The largest absolute Gasteiger partial charge is 0.383 e. The summed E-state index contributed by atoms with van der Waals surface area (Å²) in [6.45, 7) is 2.54. The Morgan fingerprint density at radius 2 is 1.84 bits per heavy atom. The fourth-order valence-electron chi connectivity index (χ4n) is 4.76. The molecule has 2 aromatic carbocycles. The average molecular weight is 579 g/mol. The Bertz CT molecular complexity index is 1380. The zero-order valence-electron chi connectivity index (χ0n) is 20.8. The highest BCUT2D eigenvalue weighted by atomic mass is 79.9. The molecular formula is C28H28BrFN6O2. The van der Waals surface area contributed by atoms with Crippen LogP contribution in [0.15, 0.2) is 83.6 Å². The SMILES string of the molecule is COCCN1CC(NC(=O)Nc2c(Br)c(-c3ccccc3)nn2-c2ccccc2)C(c2cncc(F)c2)C1. The molecule has 3 heterocycles. The highest BCUT2D eigenvalue weighted by Crippen LogP contribution is 2.36. The van der Waals surface area contributed by atoms with Crippen LogP contribution in [0.3, 0.4) is 0 Å². The number of carbonyl (C=O) groups is 1. The summed E-state index contributed by atoms with van der Waals surface area (Å²) >= 11 is 3.67. The van der Waals surface area contributed by atoms with E-state index in [4.69, 9.17) is 9.84 Å². The van der Waals surface area contributed by atoms with Crippen LogP contribution in [0.2, 0.25) is 0 Å². The maximum absolute atomic E-state index is 14.0. The summed E-state index contributed by atoms with van der Waals surface area (Å²) in [5, 5.41) is 10.9. The molecule has 8 nitrogen and oxygen atoms in total. The second kappa shape index (κ2) is 11.8. The highest BCUT2D eigenvalue weighted by Gasteiger charge is 2.35. The first kappa shape index (κ1) is 26.0. The van der Waals surface area contributed by atoms with Crippen LogP contribution in [0.1, 0.15) is 11.5 Å². The Hall–Kier alpha value is -3.60. The molecule has 0 bridgehead atoms. The lowest BCUT2D eigenvalue weighted by atomic mass is 9.96. The van der Waals surface area contributed by atoms with Gasteiger partial charge in [-0.2, -0.15) is 5.10 Å². The summed E-state index contributed by atoms with van der Waals surface area (Å²) in [5.74, 6) is -0.0147. The maximum atomic E-state index is 14.0.